The number of halogens is 1. The van der Waals surface area contributed by atoms with Gasteiger partial charge in [0, 0.05) is 21.5 Å². The summed E-state index contributed by atoms with van der Waals surface area (Å²) in [5.74, 6) is 0. The maximum atomic E-state index is 3.77. The summed E-state index contributed by atoms with van der Waals surface area (Å²) < 4.78 is 1.10. The van der Waals surface area contributed by atoms with E-state index in [0.29, 0.717) is 0 Å². The Morgan fingerprint density at radius 3 is 1.21 bits per heavy atom. The topological polar surface area (TPSA) is 3.24 Å². The fourth-order valence-electron chi connectivity index (χ4n) is 5.56. The minimum Gasteiger partial charge on any atom is -0.311 e. The lowest BCUT2D eigenvalue weighted by atomic mass is 10.2. The molecule has 0 aliphatic heterocycles. The van der Waals surface area contributed by atoms with Crippen molar-refractivity contribution in [3.05, 3.63) is 174 Å². The largest absolute Gasteiger partial charge is 0.311 e. The van der Waals surface area contributed by atoms with E-state index in [0.717, 1.165) is 21.5 Å². The van der Waals surface area contributed by atoms with E-state index in [1.807, 2.05) is 0 Å². The van der Waals surface area contributed by atoms with Crippen LogP contribution in [0, 0.1) is 0 Å². The third-order valence-electron chi connectivity index (χ3n) is 7.26. The summed E-state index contributed by atoms with van der Waals surface area (Å²) in [4.78, 5) is 2.32. The predicted octanol–water partition coefficient (Wildman–Crippen LogP) is 7.30. The molecule has 0 aliphatic rings. The molecule has 3 heteroatoms. The van der Waals surface area contributed by atoms with Crippen molar-refractivity contribution in [1.29, 1.82) is 0 Å². The third kappa shape index (κ3) is 4.87. The van der Waals surface area contributed by atoms with Crippen molar-refractivity contribution in [3.8, 4) is 0 Å². The Hall–Kier alpha value is -4.18. The Bertz CT molecular complexity index is 1560. The molecule has 0 atom stereocenters. The average molecular weight is 583 g/mol. The lowest BCUT2D eigenvalue weighted by Gasteiger charge is -2.35. The van der Waals surface area contributed by atoms with Crippen molar-refractivity contribution in [2.75, 3.05) is 4.90 Å². The molecule has 1 nitrogen and oxygen atoms in total. The van der Waals surface area contributed by atoms with Crippen molar-refractivity contribution < 1.29 is 0 Å². The standard InChI is InChI=1S/C36H28BrNSi/c37-29-14-13-23-36(28-29)39(33-19-9-3-10-20-33,34-21-11-4-12-22-34)35-26-24-32(25-27-35)38(30-15-5-1-6-16-30)31-17-7-2-8-18-31/h1-28H. The van der Waals surface area contributed by atoms with E-state index in [4.69, 9.17) is 0 Å². The van der Waals surface area contributed by atoms with Crippen molar-refractivity contribution in [2.45, 2.75) is 0 Å². The normalized spacial score (nSPS) is 11.2. The molecule has 0 spiro atoms. The van der Waals surface area contributed by atoms with Crippen molar-refractivity contribution >= 4 is 61.8 Å². The smallest absolute Gasteiger partial charge is 0.179 e. The van der Waals surface area contributed by atoms with Crippen LogP contribution >= 0.6 is 15.9 Å². The van der Waals surface area contributed by atoms with Gasteiger partial charge in [-0.05, 0) is 69.3 Å². The van der Waals surface area contributed by atoms with E-state index in [1.165, 1.54) is 20.7 Å². The van der Waals surface area contributed by atoms with E-state index in [1.54, 1.807) is 0 Å². The second kappa shape index (κ2) is 11.3. The van der Waals surface area contributed by atoms with Crippen LogP contribution < -0.4 is 25.6 Å². The molecule has 0 amide bonds. The van der Waals surface area contributed by atoms with Gasteiger partial charge in [-0.1, -0.05) is 137 Å². The van der Waals surface area contributed by atoms with Gasteiger partial charge >= 0.3 is 0 Å². The predicted molar refractivity (Wildman–Crippen MR) is 172 cm³/mol. The zero-order valence-electron chi connectivity index (χ0n) is 21.5. The van der Waals surface area contributed by atoms with Gasteiger partial charge < -0.3 is 4.90 Å². The Kier molecular flexibility index (Phi) is 7.26. The molecule has 0 unspecified atom stereocenters. The number of para-hydroxylation sites is 2. The monoisotopic (exact) mass is 581 g/mol. The van der Waals surface area contributed by atoms with Crippen LogP contribution in [-0.2, 0) is 0 Å². The molecule has 0 N–H and O–H groups in total. The lowest BCUT2D eigenvalue weighted by Crippen LogP contribution is -2.74. The highest BCUT2D eigenvalue weighted by atomic mass is 79.9. The highest BCUT2D eigenvalue weighted by molar-refractivity contribution is 9.10. The molecule has 0 saturated heterocycles. The summed E-state index contributed by atoms with van der Waals surface area (Å²) >= 11 is 3.77. The molecule has 39 heavy (non-hydrogen) atoms. The third-order valence-corrected chi connectivity index (χ3v) is 12.5. The fourth-order valence-corrected chi connectivity index (χ4v) is 10.9. The molecule has 6 aromatic carbocycles. The quantitative estimate of drug-likeness (QED) is 0.141. The molecule has 6 aromatic rings. The van der Waals surface area contributed by atoms with Crippen LogP contribution in [0.2, 0.25) is 0 Å². The van der Waals surface area contributed by atoms with Crippen LogP contribution in [0.5, 0.6) is 0 Å². The van der Waals surface area contributed by atoms with Crippen LogP contribution in [0.15, 0.2) is 174 Å². The fraction of sp³-hybridized carbons (Fsp3) is 0. The zero-order valence-corrected chi connectivity index (χ0v) is 24.1. The first-order valence-electron chi connectivity index (χ1n) is 13.1. The molecule has 0 heterocycles. The van der Waals surface area contributed by atoms with Gasteiger partial charge in [0.15, 0.2) is 8.07 Å². The van der Waals surface area contributed by atoms with Crippen LogP contribution in [0.1, 0.15) is 0 Å². The molecule has 6 rings (SSSR count). The van der Waals surface area contributed by atoms with Gasteiger partial charge in [0.1, 0.15) is 0 Å². The van der Waals surface area contributed by atoms with Gasteiger partial charge in [-0.2, -0.15) is 0 Å². The summed E-state index contributed by atoms with van der Waals surface area (Å²) in [6, 6.07) is 61.3. The summed E-state index contributed by atoms with van der Waals surface area (Å²) in [5, 5.41) is 5.43. The van der Waals surface area contributed by atoms with Crippen LogP contribution in [0.3, 0.4) is 0 Å². The Morgan fingerprint density at radius 2 is 0.744 bits per heavy atom. The number of nitrogens with zero attached hydrogens (tertiary/aromatic N) is 1. The van der Waals surface area contributed by atoms with Gasteiger partial charge in [0.05, 0.1) is 0 Å². The minimum absolute atomic E-state index is 1.10. The van der Waals surface area contributed by atoms with Gasteiger partial charge in [0.25, 0.3) is 0 Å². The summed E-state index contributed by atoms with van der Waals surface area (Å²) in [5.41, 5.74) is 3.41. The van der Waals surface area contributed by atoms with Crippen LogP contribution in [0.25, 0.3) is 0 Å². The maximum absolute atomic E-state index is 3.77. The molecular weight excluding hydrogens is 554 g/mol. The number of anilines is 3. The number of benzene rings is 6. The Labute approximate surface area is 240 Å². The van der Waals surface area contributed by atoms with Gasteiger partial charge in [0.2, 0.25) is 0 Å². The lowest BCUT2D eigenvalue weighted by molar-refractivity contribution is 1.28. The molecule has 0 aromatic heterocycles. The van der Waals surface area contributed by atoms with Crippen molar-refractivity contribution in [3.63, 3.8) is 0 Å². The Morgan fingerprint density at radius 1 is 0.359 bits per heavy atom. The van der Waals surface area contributed by atoms with E-state index >= 15 is 0 Å². The van der Waals surface area contributed by atoms with E-state index in [-0.39, 0.29) is 0 Å². The van der Waals surface area contributed by atoms with Crippen LogP contribution in [0.4, 0.5) is 17.1 Å². The first kappa shape index (κ1) is 25.1. The second-order valence-electron chi connectivity index (χ2n) is 9.55. The minimum atomic E-state index is -2.60. The number of hydrogen-bond acceptors (Lipinski definition) is 1. The SMILES string of the molecule is Brc1cccc([Si](c2ccccc2)(c2ccccc2)c2ccc(N(c3ccccc3)c3ccccc3)cc2)c1. The first-order valence-corrected chi connectivity index (χ1v) is 15.9. The summed E-state index contributed by atoms with van der Waals surface area (Å²) in [6.07, 6.45) is 0. The first-order chi connectivity index (χ1) is 19.3. The van der Waals surface area contributed by atoms with E-state index in [9.17, 15) is 0 Å². The van der Waals surface area contributed by atoms with Gasteiger partial charge in [-0.15, -0.1) is 0 Å². The van der Waals surface area contributed by atoms with Crippen LogP contribution in [-0.4, -0.2) is 8.07 Å². The van der Waals surface area contributed by atoms with Crippen molar-refractivity contribution in [2.24, 2.45) is 0 Å². The number of rotatable bonds is 7. The zero-order chi connectivity index (χ0) is 26.5. The van der Waals surface area contributed by atoms with E-state index in [2.05, 4.69) is 191 Å². The van der Waals surface area contributed by atoms with E-state index < -0.39 is 8.07 Å². The van der Waals surface area contributed by atoms with Gasteiger partial charge in [-0.3, -0.25) is 0 Å². The Balaban J connectivity index is 1.58. The molecule has 0 saturated carbocycles. The molecule has 0 radical (unpaired) electrons. The second-order valence-corrected chi connectivity index (χ2v) is 14.3. The summed E-state index contributed by atoms with van der Waals surface area (Å²) in [7, 11) is -2.60. The molecular formula is C36H28BrNSi. The molecule has 0 fully saturated rings. The van der Waals surface area contributed by atoms with Gasteiger partial charge in [-0.25, -0.2) is 0 Å². The van der Waals surface area contributed by atoms with Crippen molar-refractivity contribution in [1.82, 2.24) is 0 Å². The molecule has 188 valence electrons. The average Bonchev–Trinajstić information content (AvgIpc) is 3.01. The highest BCUT2D eigenvalue weighted by Crippen LogP contribution is 2.33. The maximum Gasteiger partial charge on any atom is 0.179 e. The number of hydrogen-bond donors (Lipinski definition) is 0. The molecule has 0 aliphatic carbocycles. The summed E-state index contributed by atoms with van der Waals surface area (Å²) in [6.45, 7) is 0. The molecule has 0 bridgehead atoms. The highest BCUT2D eigenvalue weighted by Gasteiger charge is 2.41.